The molecule has 4 aromatic rings. The molecule has 0 saturated heterocycles. The number of hydrazone groups is 1. The Bertz CT molecular complexity index is 1160. The lowest BCUT2D eigenvalue weighted by molar-refractivity contribution is -0.140. The summed E-state index contributed by atoms with van der Waals surface area (Å²) >= 11 is 6.23. The molecule has 0 aliphatic heterocycles. The number of hydrogen-bond acceptors (Lipinski definition) is 5. The minimum Gasteiger partial charge on any atom is -0.446 e. The van der Waals surface area contributed by atoms with Crippen molar-refractivity contribution >= 4 is 34.6 Å². The van der Waals surface area contributed by atoms with Crippen molar-refractivity contribution in [1.82, 2.24) is 10.4 Å². The number of fused-ring (bicyclic) bond motifs is 1. The normalized spacial score (nSPS) is 11.0. The van der Waals surface area contributed by atoms with Gasteiger partial charge in [-0.3, -0.25) is 4.79 Å². The highest BCUT2D eigenvalue weighted by atomic mass is 35.5. The Morgan fingerprint density at radius 1 is 0.903 bits per heavy atom. The van der Waals surface area contributed by atoms with Gasteiger partial charge in [-0.1, -0.05) is 66.2 Å². The molecule has 0 unspecified atom stereocenters. The van der Waals surface area contributed by atoms with E-state index in [0.717, 1.165) is 10.9 Å². The number of nitrogens with zero attached hydrogens (tertiary/aromatic N) is 2. The first-order chi connectivity index (χ1) is 15.2. The highest BCUT2D eigenvalue weighted by Gasteiger charge is 2.22. The van der Waals surface area contributed by atoms with Crippen LogP contribution in [0.1, 0.15) is 5.56 Å². The van der Waals surface area contributed by atoms with Gasteiger partial charge < -0.3 is 9.47 Å². The first-order valence-electron chi connectivity index (χ1n) is 9.51. The SMILES string of the molecule is O=C(NN=Cc1cc2ccccc2nc1Cl)C(Oc1ccccc1)Oc1ccccc1. The van der Waals surface area contributed by atoms with E-state index >= 15 is 0 Å². The quantitative estimate of drug-likeness (QED) is 0.197. The number of hydrogen-bond donors (Lipinski definition) is 1. The Hall–Kier alpha value is -3.90. The van der Waals surface area contributed by atoms with Crippen LogP contribution in [0.25, 0.3) is 10.9 Å². The highest BCUT2D eigenvalue weighted by molar-refractivity contribution is 6.32. The van der Waals surface area contributed by atoms with Crippen LogP contribution in [-0.2, 0) is 4.79 Å². The molecule has 1 N–H and O–H groups in total. The highest BCUT2D eigenvalue weighted by Crippen LogP contribution is 2.19. The summed E-state index contributed by atoms with van der Waals surface area (Å²) < 4.78 is 11.4. The van der Waals surface area contributed by atoms with Crippen molar-refractivity contribution in [3.05, 3.63) is 102 Å². The standard InChI is InChI=1S/C24H18ClN3O3/c25-22-18(15-17-9-7-8-14-21(17)27-22)16-26-28-23(29)24(30-19-10-3-1-4-11-19)31-20-12-5-2-6-13-20/h1-16,24H,(H,28,29). The van der Waals surface area contributed by atoms with E-state index in [-0.39, 0.29) is 5.15 Å². The Morgan fingerprint density at radius 2 is 1.48 bits per heavy atom. The summed E-state index contributed by atoms with van der Waals surface area (Å²) in [6, 6.07) is 27.3. The largest absolute Gasteiger partial charge is 0.446 e. The molecule has 7 heteroatoms. The second kappa shape index (κ2) is 9.73. The van der Waals surface area contributed by atoms with Crippen molar-refractivity contribution in [2.75, 3.05) is 0 Å². The molecule has 6 nitrogen and oxygen atoms in total. The number of nitrogens with one attached hydrogen (secondary N) is 1. The predicted molar refractivity (Wildman–Crippen MR) is 120 cm³/mol. The van der Waals surface area contributed by atoms with Gasteiger partial charge in [0, 0.05) is 10.9 Å². The van der Waals surface area contributed by atoms with Crippen LogP contribution in [-0.4, -0.2) is 23.4 Å². The maximum atomic E-state index is 12.7. The van der Waals surface area contributed by atoms with E-state index < -0.39 is 12.2 Å². The molecule has 0 radical (unpaired) electrons. The Balaban J connectivity index is 1.49. The van der Waals surface area contributed by atoms with Gasteiger partial charge in [0.25, 0.3) is 0 Å². The zero-order valence-electron chi connectivity index (χ0n) is 16.3. The molecule has 0 spiro atoms. The maximum absolute atomic E-state index is 12.7. The van der Waals surface area contributed by atoms with Crippen LogP contribution in [0.15, 0.2) is 96.1 Å². The molecule has 0 aliphatic rings. The van der Waals surface area contributed by atoms with Crippen molar-refractivity contribution < 1.29 is 14.3 Å². The van der Waals surface area contributed by atoms with Gasteiger partial charge in [0.05, 0.1) is 11.7 Å². The number of aromatic nitrogens is 1. The summed E-state index contributed by atoms with van der Waals surface area (Å²) in [5.41, 5.74) is 3.79. The zero-order valence-corrected chi connectivity index (χ0v) is 17.1. The number of carbonyl (C=O) groups excluding carboxylic acids is 1. The third-order valence-corrected chi connectivity index (χ3v) is 4.57. The van der Waals surface area contributed by atoms with Crippen LogP contribution in [0.5, 0.6) is 11.5 Å². The van der Waals surface area contributed by atoms with Crippen molar-refractivity contribution in [2.24, 2.45) is 5.10 Å². The molecule has 0 atom stereocenters. The van der Waals surface area contributed by atoms with Gasteiger partial charge in [0.15, 0.2) is 0 Å². The second-order valence-electron chi connectivity index (χ2n) is 6.49. The molecule has 1 amide bonds. The minimum absolute atomic E-state index is 0.286. The van der Waals surface area contributed by atoms with E-state index in [2.05, 4.69) is 15.5 Å². The summed E-state index contributed by atoms with van der Waals surface area (Å²) in [5.74, 6) is 0.405. The fourth-order valence-electron chi connectivity index (χ4n) is 2.79. The molecule has 1 aromatic heterocycles. The number of halogens is 1. The third kappa shape index (κ3) is 5.38. The summed E-state index contributed by atoms with van der Waals surface area (Å²) in [4.78, 5) is 17.0. The van der Waals surface area contributed by atoms with Gasteiger partial charge in [0.2, 0.25) is 0 Å². The lowest BCUT2D eigenvalue weighted by Crippen LogP contribution is -2.40. The van der Waals surface area contributed by atoms with Gasteiger partial charge in [-0.25, -0.2) is 10.4 Å². The number of pyridine rings is 1. The number of amides is 1. The number of rotatable bonds is 7. The average molecular weight is 432 g/mol. The molecule has 0 aliphatic carbocycles. The number of carbonyl (C=O) groups is 1. The molecule has 31 heavy (non-hydrogen) atoms. The monoisotopic (exact) mass is 431 g/mol. The van der Waals surface area contributed by atoms with E-state index in [1.165, 1.54) is 6.21 Å². The Labute approximate surface area is 184 Å². The first-order valence-corrected chi connectivity index (χ1v) is 9.88. The van der Waals surface area contributed by atoms with Crippen molar-refractivity contribution in [1.29, 1.82) is 0 Å². The zero-order chi connectivity index (χ0) is 21.5. The summed E-state index contributed by atoms with van der Waals surface area (Å²) in [7, 11) is 0. The third-order valence-electron chi connectivity index (χ3n) is 4.27. The van der Waals surface area contributed by atoms with E-state index in [9.17, 15) is 4.79 Å². The van der Waals surface area contributed by atoms with E-state index in [1.54, 1.807) is 48.5 Å². The van der Waals surface area contributed by atoms with Crippen LogP contribution >= 0.6 is 11.6 Å². The second-order valence-corrected chi connectivity index (χ2v) is 6.85. The minimum atomic E-state index is -1.24. The van der Waals surface area contributed by atoms with Gasteiger partial charge in [0.1, 0.15) is 16.7 Å². The summed E-state index contributed by atoms with van der Waals surface area (Å²) in [5, 5.41) is 5.20. The molecule has 3 aromatic carbocycles. The molecular formula is C24H18ClN3O3. The van der Waals surface area contributed by atoms with E-state index in [1.807, 2.05) is 42.5 Å². The van der Waals surface area contributed by atoms with Crippen molar-refractivity contribution in [2.45, 2.75) is 6.29 Å². The lowest BCUT2D eigenvalue weighted by atomic mass is 10.2. The molecule has 0 bridgehead atoms. The predicted octanol–water partition coefficient (Wildman–Crippen LogP) is 4.82. The molecule has 0 fully saturated rings. The molecule has 1 heterocycles. The fourth-order valence-corrected chi connectivity index (χ4v) is 2.99. The van der Waals surface area contributed by atoms with Crippen molar-refractivity contribution in [3.8, 4) is 11.5 Å². The Morgan fingerprint density at radius 3 is 2.13 bits per heavy atom. The van der Waals surface area contributed by atoms with Gasteiger partial charge in [-0.05, 0) is 36.4 Å². The lowest BCUT2D eigenvalue weighted by Gasteiger charge is -2.18. The van der Waals surface area contributed by atoms with Crippen LogP contribution in [0, 0.1) is 0 Å². The number of benzene rings is 3. The number of ether oxygens (including phenoxy) is 2. The van der Waals surface area contributed by atoms with Crippen LogP contribution in [0.4, 0.5) is 0 Å². The van der Waals surface area contributed by atoms with Gasteiger partial charge in [-0.15, -0.1) is 0 Å². The van der Waals surface area contributed by atoms with E-state index in [0.29, 0.717) is 17.1 Å². The number of para-hydroxylation sites is 3. The maximum Gasteiger partial charge on any atom is 0.323 e. The van der Waals surface area contributed by atoms with Gasteiger partial charge in [-0.2, -0.15) is 5.10 Å². The molecular weight excluding hydrogens is 414 g/mol. The van der Waals surface area contributed by atoms with E-state index in [4.69, 9.17) is 21.1 Å². The van der Waals surface area contributed by atoms with Crippen molar-refractivity contribution in [3.63, 3.8) is 0 Å². The summed E-state index contributed by atoms with van der Waals surface area (Å²) in [6.45, 7) is 0. The molecule has 154 valence electrons. The van der Waals surface area contributed by atoms with Gasteiger partial charge >= 0.3 is 12.2 Å². The fraction of sp³-hybridized carbons (Fsp3) is 0.0417. The summed E-state index contributed by atoms with van der Waals surface area (Å²) in [6.07, 6.45) is 0.189. The first kappa shape index (κ1) is 20.4. The topological polar surface area (TPSA) is 72.8 Å². The van der Waals surface area contributed by atoms with Crippen LogP contribution < -0.4 is 14.9 Å². The molecule has 4 rings (SSSR count). The smallest absolute Gasteiger partial charge is 0.323 e. The van der Waals surface area contributed by atoms with Crippen LogP contribution in [0.3, 0.4) is 0 Å². The average Bonchev–Trinajstić information content (AvgIpc) is 2.80. The van der Waals surface area contributed by atoms with Crippen LogP contribution in [0.2, 0.25) is 5.15 Å². The Kier molecular flexibility index (Phi) is 6.40. The molecule has 0 saturated carbocycles.